The number of benzene rings is 1. The summed E-state index contributed by atoms with van der Waals surface area (Å²) in [7, 11) is 1.47. The lowest BCUT2D eigenvalue weighted by molar-refractivity contribution is -0.161. The number of amides is 1. The van der Waals surface area contributed by atoms with Crippen molar-refractivity contribution in [2.75, 3.05) is 20.2 Å². The van der Waals surface area contributed by atoms with Crippen molar-refractivity contribution in [3.63, 3.8) is 0 Å². The second-order valence-corrected chi connectivity index (χ2v) is 4.20. The highest BCUT2D eigenvalue weighted by Crippen LogP contribution is 2.28. The third-order valence-corrected chi connectivity index (χ3v) is 2.84. The second kappa shape index (κ2) is 5.08. The number of ether oxygens (including phenoxy) is 1. The van der Waals surface area contributed by atoms with E-state index in [9.17, 15) is 18.0 Å². The number of carbonyl (C=O) groups excluding carboxylic acids is 1. The molecule has 0 bridgehead atoms. The van der Waals surface area contributed by atoms with Crippen LogP contribution in [0.4, 0.5) is 13.2 Å². The standard InChI is InChI=1S/C12H13F3N2O2/c1-19-9-4-2-3-8(5-9)11-16-6-10(18)17(11)7-12(13,14)15/h2-5,11,16H,6-7H2,1H3. The zero-order chi connectivity index (χ0) is 14.0. The summed E-state index contributed by atoms with van der Waals surface area (Å²) < 4.78 is 42.4. The van der Waals surface area contributed by atoms with Crippen LogP contribution in [-0.4, -0.2) is 37.2 Å². The van der Waals surface area contributed by atoms with Crippen LogP contribution in [0.5, 0.6) is 5.75 Å². The summed E-state index contributed by atoms with van der Waals surface area (Å²) in [4.78, 5) is 12.3. The molecule has 1 aliphatic heterocycles. The Morgan fingerprint density at radius 1 is 1.47 bits per heavy atom. The Morgan fingerprint density at radius 2 is 2.21 bits per heavy atom. The first kappa shape index (κ1) is 13.7. The van der Waals surface area contributed by atoms with E-state index in [1.54, 1.807) is 24.3 Å². The third-order valence-electron chi connectivity index (χ3n) is 2.84. The molecule has 1 heterocycles. The fourth-order valence-electron chi connectivity index (χ4n) is 2.02. The maximum atomic E-state index is 12.5. The van der Waals surface area contributed by atoms with Crippen molar-refractivity contribution < 1.29 is 22.7 Å². The molecule has 1 aromatic carbocycles. The van der Waals surface area contributed by atoms with Gasteiger partial charge < -0.3 is 9.64 Å². The zero-order valence-electron chi connectivity index (χ0n) is 10.2. The maximum Gasteiger partial charge on any atom is 0.406 e. The maximum absolute atomic E-state index is 12.5. The molecule has 19 heavy (non-hydrogen) atoms. The van der Waals surface area contributed by atoms with E-state index < -0.39 is 24.8 Å². The summed E-state index contributed by atoms with van der Waals surface area (Å²) in [6.07, 6.45) is -5.19. The molecule has 1 fully saturated rings. The highest BCUT2D eigenvalue weighted by atomic mass is 19.4. The molecule has 1 N–H and O–H groups in total. The molecule has 104 valence electrons. The number of methoxy groups -OCH3 is 1. The highest BCUT2D eigenvalue weighted by Gasteiger charge is 2.40. The van der Waals surface area contributed by atoms with Crippen LogP contribution in [0.25, 0.3) is 0 Å². The van der Waals surface area contributed by atoms with Gasteiger partial charge in [0.25, 0.3) is 0 Å². The number of alkyl halides is 3. The first-order valence-electron chi connectivity index (χ1n) is 5.64. The molecule has 0 aliphatic carbocycles. The average molecular weight is 274 g/mol. The molecule has 4 nitrogen and oxygen atoms in total. The van der Waals surface area contributed by atoms with E-state index >= 15 is 0 Å². The minimum atomic E-state index is -4.42. The normalized spacial score (nSPS) is 19.9. The SMILES string of the molecule is COc1cccc(C2NCC(=O)N2CC(F)(F)F)c1. The topological polar surface area (TPSA) is 41.6 Å². The first-order valence-corrected chi connectivity index (χ1v) is 5.64. The molecule has 0 saturated carbocycles. The first-order chi connectivity index (χ1) is 8.90. The van der Waals surface area contributed by atoms with Gasteiger partial charge in [-0.25, -0.2) is 0 Å². The summed E-state index contributed by atoms with van der Waals surface area (Å²) in [5.41, 5.74) is 0.564. The van der Waals surface area contributed by atoms with Gasteiger partial charge in [-0.1, -0.05) is 12.1 Å². The van der Waals surface area contributed by atoms with E-state index in [2.05, 4.69) is 5.32 Å². The number of carbonyl (C=O) groups is 1. The van der Waals surface area contributed by atoms with Crippen LogP contribution >= 0.6 is 0 Å². The summed E-state index contributed by atoms with van der Waals surface area (Å²) >= 11 is 0. The summed E-state index contributed by atoms with van der Waals surface area (Å²) in [5, 5.41) is 2.77. The predicted octanol–water partition coefficient (Wildman–Crippen LogP) is 1.69. The Hall–Kier alpha value is -1.76. The molecule has 7 heteroatoms. The minimum Gasteiger partial charge on any atom is -0.497 e. The van der Waals surface area contributed by atoms with Gasteiger partial charge in [0, 0.05) is 0 Å². The largest absolute Gasteiger partial charge is 0.497 e. The molecule has 0 spiro atoms. The lowest BCUT2D eigenvalue weighted by Crippen LogP contribution is -2.38. The summed E-state index contributed by atoms with van der Waals surface area (Å²) in [6, 6.07) is 6.63. The van der Waals surface area contributed by atoms with Gasteiger partial charge in [0.15, 0.2) is 0 Å². The summed E-state index contributed by atoms with van der Waals surface area (Å²) in [5.74, 6) is -0.0317. The molecule has 1 unspecified atom stereocenters. The van der Waals surface area contributed by atoms with Crippen LogP contribution in [0.1, 0.15) is 11.7 Å². The Labute approximate surface area is 108 Å². The van der Waals surface area contributed by atoms with Gasteiger partial charge in [-0.2, -0.15) is 13.2 Å². The fraction of sp³-hybridized carbons (Fsp3) is 0.417. The quantitative estimate of drug-likeness (QED) is 0.912. The number of nitrogens with one attached hydrogen (secondary N) is 1. The van der Waals surface area contributed by atoms with Crippen LogP contribution in [0.2, 0.25) is 0 Å². The van der Waals surface area contributed by atoms with Gasteiger partial charge in [-0.3, -0.25) is 10.1 Å². The second-order valence-electron chi connectivity index (χ2n) is 4.20. The van der Waals surface area contributed by atoms with Crippen LogP contribution in [0.3, 0.4) is 0 Å². The molecule has 0 radical (unpaired) electrons. The predicted molar refractivity (Wildman–Crippen MR) is 61.5 cm³/mol. The molecule has 0 aromatic heterocycles. The molecule has 1 saturated heterocycles. The molecule has 2 rings (SSSR count). The van der Waals surface area contributed by atoms with Gasteiger partial charge in [0.1, 0.15) is 18.5 Å². The molecule has 1 aromatic rings. The molecule has 1 amide bonds. The van der Waals surface area contributed by atoms with E-state index in [1.165, 1.54) is 7.11 Å². The Balaban J connectivity index is 2.24. The van der Waals surface area contributed by atoms with Gasteiger partial charge in [0.05, 0.1) is 13.7 Å². The minimum absolute atomic E-state index is 0.0992. The monoisotopic (exact) mass is 274 g/mol. The number of hydrogen-bond donors (Lipinski definition) is 1. The zero-order valence-corrected chi connectivity index (χ0v) is 10.2. The van der Waals surface area contributed by atoms with Gasteiger partial charge in [-0.15, -0.1) is 0 Å². The Bertz CT molecular complexity index is 476. The van der Waals surface area contributed by atoms with Crippen molar-refractivity contribution in [3.8, 4) is 5.75 Å². The number of nitrogens with zero attached hydrogens (tertiary/aromatic N) is 1. The third kappa shape index (κ3) is 3.17. The van der Waals surface area contributed by atoms with Crippen LogP contribution in [0.15, 0.2) is 24.3 Å². The van der Waals surface area contributed by atoms with Crippen LogP contribution in [0, 0.1) is 0 Å². The molecule has 1 aliphatic rings. The fourth-order valence-corrected chi connectivity index (χ4v) is 2.02. The number of halogens is 3. The Kier molecular flexibility index (Phi) is 3.66. The van der Waals surface area contributed by atoms with E-state index in [0.29, 0.717) is 11.3 Å². The van der Waals surface area contributed by atoms with E-state index in [1.807, 2.05) is 0 Å². The molecular formula is C12H13F3N2O2. The van der Waals surface area contributed by atoms with Crippen LogP contribution < -0.4 is 10.1 Å². The van der Waals surface area contributed by atoms with Gasteiger partial charge in [0.2, 0.25) is 5.91 Å². The number of rotatable bonds is 3. The smallest absolute Gasteiger partial charge is 0.406 e. The van der Waals surface area contributed by atoms with Crippen molar-refractivity contribution in [2.24, 2.45) is 0 Å². The lowest BCUT2D eigenvalue weighted by atomic mass is 10.1. The molecular weight excluding hydrogens is 261 g/mol. The van der Waals surface area contributed by atoms with Crippen molar-refractivity contribution in [2.45, 2.75) is 12.3 Å². The Morgan fingerprint density at radius 3 is 2.84 bits per heavy atom. The highest BCUT2D eigenvalue weighted by molar-refractivity contribution is 5.81. The van der Waals surface area contributed by atoms with E-state index in [-0.39, 0.29) is 6.54 Å². The van der Waals surface area contributed by atoms with Crippen LogP contribution in [-0.2, 0) is 4.79 Å². The van der Waals surface area contributed by atoms with Crippen molar-refractivity contribution >= 4 is 5.91 Å². The average Bonchev–Trinajstić information content (AvgIpc) is 2.69. The van der Waals surface area contributed by atoms with Crippen molar-refractivity contribution in [1.82, 2.24) is 10.2 Å². The van der Waals surface area contributed by atoms with Crippen molar-refractivity contribution in [1.29, 1.82) is 0 Å². The van der Waals surface area contributed by atoms with E-state index in [0.717, 1.165) is 4.90 Å². The lowest BCUT2D eigenvalue weighted by Gasteiger charge is -2.25. The van der Waals surface area contributed by atoms with Crippen molar-refractivity contribution in [3.05, 3.63) is 29.8 Å². The summed E-state index contributed by atoms with van der Waals surface area (Å²) in [6.45, 7) is -1.36. The number of hydrogen-bond acceptors (Lipinski definition) is 3. The molecule has 1 atom stereocenters. The van der Waals surface area contributed by atoms with Gasteiger partial charge >= 0.3 is 6.18 Å². The van der Waals surface area contributed by atoms with Gasteiger partial charge in [-0.05, 0) is 17.7 Å². The van der Waals surface area contributed by atoms with E-state index in [4.69, 9.17) is 4.74 Å².